The summed E-state index contributed by atoms with van der Waals surface area (Å²) in [5.74, 6) is 2.58. The molecule has 0 radical (unpaired) electrons. The number of phenols is 1. The SMILES string of the molecule is C[C@H]1CCC2(O)C3Cc4c(O)ccc5c4[C@@]2(CC[N@@+]3(C)CC2CCC2)C1O5. The number of likely N-dealkylation sites (N-methyl/N-ethyl adjacent to an activating group) is 1. The first-order valence-corrected chi connectivity index (χ1v) is 11.0. The lowest BCUT2D eigenvalue weighted by molar-refractivity contribution is -0.952. The fourth-order valence-corrected chi connectivity index (χ4v) is 7.79. The second kappa shape index (κ2) is 5.01. The molecule has 1 spiro atoms. The van der Waals surface area contributed by atoms with Crippen molar-refractivity contribution in [2.45, 2.75) is 75.0 Å². The van der Waals surface area contributed by atoms with Crippen molar-refractivity contribution in [1.29, 1.82) is 0 Å². The average Bonchev–Trinajstić information content (AvgIpc) is 2.95. The van der Waals surface area contributed by atoms with Crippen LogP contribution in [0.5, 0.6) is 11.5 Å². The van der Waals surface area contributed by atoms with E-state index in [1.54, 1.807) is 0 Å². The molecule has 146 valence electrons. The Labute approximate surface area is 161 Å². The van der Waals surface area contributed by atoms with Gasteiger partial charge in [-0.05, 0) is 43.7 Å². The van der Waals surface area contributed by atoms with Gasteiger partial charge in [0.05, 0.1) is 25.6 Å². The number of hydrogen-bond donors (Lipinski definition) is 2. The van der Waals surface area contributed by atoms with Crippen LogP contribution in [0.3, 0.4) is 0 Å². The number of phenolic OH excluding ortho intramolecular Hbond substituents is 1. The number of benzene rings is 1. The Kier molecular flexibility index (Phi) is 3.10. The van der Waals surface area contributed by atoms with Crippen molar-refractivity contribution in [3.05, 3.63) is 23.3 Å². The van der Waals surface area contributed by atoms with Gasteiger partial charge in [0.15, 0.2) is 0 Å². The van der Waals surface area contributed by atoms with Crippen LogP contribution in [0.2, 0.25) is 0 Å². The summed E-state index contributed by atoms with van der Waals surface area (Å²) in [6, 6.07) is 3.91. The third-order valence-electron chi connectivity index (χ3n) is 9.32. The summed E-state index contributed by atoms with van der Waals surface area (Å²) in [5, 5.41) is 23.1. The molecule has 1 aromatic carbocycles. The Balaban J connectivity index is 1.56. The predicted molar refractivity (Wildman–Crippen MR) is 103 cm³/mol. The van der Waals surface area contributed by atoms with E-state index in [-0.39, 0.29) is 17.6 Å². The lowest BCUT2D eigenvalue weighted by Gasteiger charge is -2.66. The van der Waals surface area contributed by atoms with Gasteiger partial charge in [0, 0.05) is 29.9 Å². The Morgan fingerprint density at radius 3 is 2.78 bits per heavy atom. The Hall–Kier alpha value is -1.26. The van der Waals surface area contributed by atoms with E-state index in [0.717, 1.165) is 59.5 Å². The molecule has 0 amide bonds. The highest BCUT2D eigenvalue weighted by molar-refractivity contribution is 5.60. The lowest BCUT2D eigenvalue weighted by Crippen LogP contribution is -2.80. The number of nitrogens with zero attached hydrogens (tertiary/aromatic N) is 1. The van der Waals surface area contributed by atoms with Crippen molar-refractivity contribution in [2.24, 2.45) is 11.8 Å². The molecule has 6 rings (SSSR count). The smallest absolute Gasteiger partial charge is 0.130 e. The predicted octanol–water partition coefficient (Wildman–Crippen LogP) is 3.13. The molecule has 1 aromatic rings. The number of aromatic hydroxyl groups is 1. The molecule has 4 nitrogen and oxygen atoms in total. The van der Waals surface area contributed by atoms with Crippen LogP contribution in [0.15, 0.2) is 12.1 Å². The molecule has 0 aromatic heterocycles. The maximum atomic E-state index is 12.4. The zero-order valence-corrected chi connectivity index (χ0v) is 16.6. The third-order valence-corrected chi connectivity index (χ3v) is 9.32. The first-order valence-electron chi connectivity index (χ1n) is 11.0. The fraction of sp³-hybridized carbons (Fsp3) is 0.739. The molecule has 3 aliphatic carbocycles. The summed E-state index contributed by atoms with van der Waals surface area (Å²) in [6.45, 7) is 4.58. The summed E-state index contributed by atoms with van der Waals surface area (Å²) in [5.41, 5.74) is 1.19. The number of ether oxygens (including phenoxy) is 1. The second-order valence-corrected chi connectivity index (χ2v) is 10.5. The first-order chi connectivity index (χ1) is 12.9. The second-order valence-electron chi connectivity index (χ2n) is 10.5. The van der Waals surface area contributed by atoms with Crippen molar-refractivity contribution in [1.82, 2.24) is 0 Å². The number of rotatable bonds is 2. The van der Waals surface area contributed by atoms with Crippen molar-refractivity contribution >= 4 is 0 Å². The normalized spacial score (nSPS) is 47.1. The molecule has 2 aliphatic heterocycles. The molecule has 3 unspecified atom stereocenters. The van der Waals surface area contributed by atoms with E-state index < -0.39 is 5.60 Å². The minimum Gasteiger partial charge on any atom is -0.508 e. The number of piperidine rings is 1. The van der Waals surface area contributed by atoms with Gasteiger partial charge in [-0.25, -0.2) is 0 Å². The molecule has 2 saturated carbocycles. The highest BCUT2D eigenvalue weighted by Gasteiger charge is 2.75. The zero-order valence-electron chi connectivity index (χ0n) is 16.6. The van der Waals surface area contributed by atoms with E-state index >= 15 is 0 Å². The van der Waals surface area contributed by atoms with E-state index in [0.29, 0.717) is 11.7 Å². The molecule has 2 N–H and O–H groups in total. The summed E-state index contributed by atoms with van der Waals surface area (Å²) >= 11 is 0. The largest absolute Gasteiger partial charge is 0.508 e. The van der Waals surface area contributed by atoms with Crippen LogP contribution >= 0.6 is 0 Å². The molecular formula is C23H32NO3+. The molecule has 5 aliphatic rings. The average molecular weight is 371 g/mol. The summed E-state index contributed by atoms with van der Waals surface area (Å²) in [7, 11) is 2.38. The molecular weight excluding hydrogens is 338 g/mol. The van der Waals surface area contributed by atoms with Crippen molar-refractivity contribution in [3.63, 3.8) is 0 Å². The summed E-state index contributed by atoms with van der Waals surface area (Å²) < 4.78 is 7.48. The van der Waals surface area contributed by atoms with E-state index in [9.17, 15) is 10.2 Å². The quantitative estimate of drug-likeness (QED) is 0.787. The van der Waals surface area contributed by atoms with Crippen LogP contribution in [0.1, 0.15) is 56.6 Å². The van der Waals surface area contributed by atoms with Crippen LogP contribution in [-0.4, -0.2) is 52.6 Å². The lowest BCUT2D eigenvalue weighted by atomic mass is 9.47. The van der Waals surface area contributed by atoms with Gasteiger partial charge in [0.1, 0.15) is 29.2 Å². The maximum Gasteiger partial charge on any atom is 0.130 e. The van der Waals surface area contributed by atoms with Crippen LogP contribution < -0.4 is 4.74 Å². The Morgan fingerprint density at radius 2 is 2.04 bits per heavy atom. The van der Waals surface area contributed by atoms with Gasteiger partial charge in [-0.3, -0.25) is 0 Å². The van der Waals surface area contributed by atoms with Crippen LogP contribution in [0.4, 0.5) is 0 Å². The summed E-state index contributed by atoms with van der Waals surface area (Å²) in [4.78, 5) is 0. The van der Waals surface area contributed by atoms with Crippen molar-refractivity contribution < 1.29 is 19.4 Å². The molecule has 3 fully saturated rings. The van der Waals surface area contributed by atoms with Crippen molar-refractivity contribution in [2.75, 3.05) is 20.1 Å². The number of quaternary nitrogens is 1. The van der Waals surface area contributed by atoms with Gasteiger partial charge >= 0.3 is 0 Å². The minimum absolute atomic E-state index is 0.0482. The minimum atomic E-state index is -0.715. The number of hydrogen-bond acceptors (Lipinski definition) is 3. The highest BCUT2D eigenvalue weighted by atomic mass is 16.5. The van der Waals surface area contributed by atoms with Gasteiger partial charge in [-0.2, -0.15) is 0 Å². The van der Waals surface area contributed by atoms with E-state index in [1.165, 1.54) is 25.8 Å². The van der Waals surface area contributed by atoms with Crippen LogP contribution in [-0.2, 0) is 11.8 Å². The Morgan fingerprint density at radius 1 is 1.22 bits per heavy atom. The number of aliphatic hydroxyl groups is 1. The monoisotopic (exact) mass is 370 g/mol. The molecule has 1 saturated heterocycles. The molecule has 4 heteroatoms. The van der Waals surface area contributed by atoms with Crippen LogP contribution in [0.25, 0.3) is 0 Å². The third kappa shape index (κ3) is 1.78. The van der Waals surface area contributed by atoms with Crippen molar-refractivity contribution in [3.8, 4) is 11.5 Å². The highest BCUT2D eigenvalue weighted by Crippen LogP contribution is 2.66. The van der Waals surface area contributed by atoms with E-state index in [1.807, 2.05) is 12.1 Å². The maximum absolute atomic E-state index is 12.4. The van der Waals surface area contributed by atoms with E-state index in [4.69, 9.17) is 4.74 Å². The van der Waals surface area contributed by atoms with Gasteiger partial charge in [0.25, 0.3) is 0 Å². The molecule has 2 heterocycles. The zero-order chi connectivity index (χ0) is 18.6. The van der Waals surface area contributed by atoms with Gasteiger partial charge in [0.2, 0.25) is 0 Å². The van der Waals surface area contributed by atoms with Gasteiger partial charge in [-0.1, -0.05) is 13.3 Å². The van der Waals surface area contributed by atoms with E-state index in [2.05, 4.69) is 14.0 Å². The Bertz CT molecular complexity index is 820. The van der Waals surface area contributed by atoms with Gasteiger partial charge < -0.3 is 19.4 Å². The fourth-order valence-electron chi connectivity index (χ4n) is 7.79. The number of likely N-dealkylation sites (tertiary alicyclic amines) is 1. The van der Waals surface area contributed by atoms with Crippen LogP contribution in [0, 0.1) is 11.8 Å². The van der Waals surface area contributed by atoms with Gasteiger partial charge in [-0.15, -0.1) is 0 Å². The first kappa shape index (κ1) is 16.7. The molecule has 27 heavy (non-hydrogen) atoms. The molecule has 2 bridgehead atoms. The summed E-state index contributed by atoms with van der Waals surface area (Å²) in [6.07, 6.45) is 7.75. The standard InChI is InChI=1S/C23H31NO3/c1-14-8-9-23(26)19-12-16-17(25)6-7-18-20(16)22(23,21(14)27-18)10-11-24(19,2)13-15-4-3-5-15/h6-7,14-15,19,21,26H,3-5,8-13H2,1-2H3/p+1/t14-,19?,21?,22-,23?,24-/m0/s1. The molecule has 6 atom stereocenters. The topological polar surface area (TPSA) is 49.7 Å².